The van der Waals surface area contributed by atoms with Crippen molar-refractivity contribution in [1.29, 1.82) is 0 Å². The van der Waals surface area contributed by atoms with Crippen molar-refractivity contribution in [2.24, 2.45) is 5.92 Å². The van der Waals surface area contributed by atoms with Gasteiger partial charge in [-0.25, -0.2) is 9.59 Å². The van der Waals surface area contributed by atoms with Crippen molar-refractivity contribution < 1.29 is 14.3 Å². The number of esters is 1. The van der Waals surface area contributed by atoms with Gasteiger partial charge in [-0.1, -0.05) is 28.4 Å². The number of ether oxygens (including phenoxy) is 1. The summed E-state index contributed by atoms with van der Waals surface area (Å²) in [5.74, 6) is 0.0416. The van der Waals surface area contributed by atoms with Gasteiger partial charge in [-0.05, 0) is 74.8 Å². The Morgan fingerprint density at radius 1 is 1.15 bits per heavy atom. The van der Waals surface area contributed by atoms with E-state index in [4.69, 9.17) is 4.74 Å². The van der Waals surface area contributed by atoms with Crippen molar-refractivity contribution in [3.63, 3.8) is 0 Å². The van der Waals surface area contributed by atoms with E-state index in [1.807, 2.05) is 11.8 Å². The number of nitrogens with zero attached hydrogens (tertiary/aromatic N) is 1. The van der Waals surface area contributed by atoms with Crippen LogP contribution in [0.25, 0.3) is 0 Å². The van der Waals surface area contributed by atoms with Gasteiger partial charge >= 0.3 is 12.0 Å². The molecule has 1 saturated carbocycles. The lowest BCUT2D eigenvalue weighted by Gasteiger charge is -2.28. The number of hydrogen-bond acceptors (Lipinski definition) is 6. The Morgan fingerprint density at radius 2 is 1.94 bits per heavy atom. The third kappa shape index (κ3) is 5.22. The Kier molecular flexibility index (Phi) is 7.92. The summed E-state index contributed by atoms with van der Waals surface area (Å²) in [6.45, 7) is 5.99. The average molecular weight is 569 g/mol. The van der Waals surface area contributed by atoms with E-state index in [-0.39, 0.29) is 18.1 Å². The van der Waals surface area contributed by atoms with Crippen molar-refractivity contribution in [2.45, 2.75) is 75.0 Å². The molecule has 2 aliphatic carbocycles. The predicted octanol–water partition coefficient (Wildman–Crippen LogP) is 5.91. The third-order valence-electron chi connectivity index (χ3n) is 7.55. The van der Waals surface area contributed by atoms with Gasteiger partial charge in [0.2, 0.25) is 0 Å². The van der Waals surface area contributed by atoms with Gasteiger partial charge < -0.3 is 10.1 Å². The summed E-state index contributed by atoms with van der Waals surface area (Å²) in [7, 11) is 0. The van der Waals surface area contributed by atoms with Crippen molar-refractivity contribution in [3.8, 4) is 0 Å². The standard InChI is InChI=1S/C25H34BrN3O3S2/c1-2-29-12-11-16-18(22(26)33-20(16)14-29)13-27-25(31)28-23-21(17-9-5-6-10-19(17)34-23)24(30)32-15-7-3-4-8-15/h15,18,22H,2-14H2,1H3,(H2,27,28,31). The fourth-order valence-electron chi connectivity index (χ4n) is 5.61. The molecule has 1 aromatic rings. The molecule has 9 heteroatoms. The summed E-state index contributed by atoms with van der Waals surface area (Å²) in [6, 6.07) is -0.238. The summed E-state index contributed by atoms with van der Waals surface area (Å²) in [5, 5.41) is 6.77. The second-order valence-electron chi connectivity index (χ2n) is 9.70. The number of amides is 2. The first-order valence-corrected chi connectivity index (χ1v) is 15.3. The van der Waals surface area contributed by atoms with Gasteiger partial charge in [0.05, 0.1) is 9.72 Å². The number of alkyl halides is 1. The van der Waals surface area contributed by atoms with E-state index < -0.39 is 0 Å². The van der Waals surface area contributed by atoms with Crippen LogP contribution in [0.5, 0.6) is 0 Å². The second kappa shape index (κ2) is 10.9. The maximum absolute atomic E-state index is 13.1. The second-order valence-corrected chi connectivity index (χ2v) is 13.6. The molecule has 1 aromatic heterocycles. The van der Waals surface area contributed by atoms with Gasteiger partial charge in [-0.15, -0.1) is 23.1 Å². The fraction of sp³-hybridized carbons (Fsp3) is 0.680. The number of halogens is 1. The highest BCUT2D eigenvalue weighted by Crippen LogP contribution is 2.48. The highest BCUT2D eigenvalue weighted by atomic mass is 79.9. The van der Waals surface area contributed by atoms with E-state index in [0.29, 0.717) is 27.2 Å². The van der Waals surface area contributed by atoms with Gasteiger partial charge in [0.25, 0.3) is 0 Å². The Balaban J connectivity index is 1.25. The van der Waals surface area contributed by atoms with Gasteiger partial charge in [0, 0.05) is 30.4 Å². The number of thiophene rings is 1. The molecule has 4 aliphatic rings. The molecule has 34 heavy (non-hydrogen) atoms. The largest absolute Gasteiger partial charge is 0.459 e. The Bertz CT molecular complexity index is 973. The minimum absolute atomic E-state index is 0.0191. The van der Waals surface area contributed by atoms with Crippen molar-refractivity contribution >= 4 is 56.0 Å². The van der Waals surface area contributed by atoms with Crippen LogP contribution in [-0.4, -0.2) is 53.3 Å². The number of thioether (sulfide) groups is 1. The van der Waals surface area contributed by atoms with Crippen LogP contribution in [-0.2, 0) is 17.6 Å². The molecule has 2 atom stereocenters. The third-order valence-corrected chi connectivity index (χ3v) is 11.2. The van der Waals surface area contributed by atoms with Crippen LogP contribution >= 0.6 is 39.0 Å². The zero-order valence-electron chi connectivity index (χ0n) is 19.8. The highest BCUT2D eigenvalue weighted by molar-refractivity contribution is 9.11. The normalized spacial score (nSPS) is 25.2. The van der Waals surface area contributed by atoms with Gasteiger partial charge in [-0.2, -0.15) is 0 Å². The van der Waals surface area contributed by atoms with Crippen LogP contribution in [0, 0.1) is 5.92 Å². The summed E-state index contributed by atoms with van der Waals surface area (Å²) in [6.07, 6.45) is 9.31. The first-order chi connectivity index (χ1) is 16.5. The molecule has 2 N–H and O–H groups in total. The van der Waals surface area contributed by atoms with Crippen molar-refractivity contribution in [2.75, 3.05) is 31.5 Å². The minimum Gasteiger partial charge on any atom is -0.459 e. The smallest absolute Gasteiger partial charge is 0.341 e. The molecule has 0 aromatic carbocycles. The molecular formula is C25H34BrN3O3S2. The number of carbonyl (C=O) groups is 2. The van der Waals surface area contributed by atoms with Gasteiger partial charge in [0.15, 0.2) is 0 Å². The SMILES string of the molecule is CCN1CCC2=C(C1)SC(Br)C2CNC(=O)Nc1sc2c(c1C(=O)OC1CCCC1)CCCC2. The fourth-order valence-corrected chi connectivity index (χ4v) is 9.42. The van der Waals surface area contributed by atoms with Crippen LogP contribution in [0.2, 0.25) is 0 Å². The topological polar surface area (TPSA) is 70.7 Å². The molecule has 186 valence electrons. The van der Waals surface area contributed by atoms with Crippen LogP contribution in [0.4, 0.5) is 9.80 Å². The molecule has 0 radical (unpaired) electrons. The zero-order valence-corrected chi connectivity index (χ0v) is 23.0. The summed E-state index contributed by atoms with van der Waals surface area (Å²) < 4.78 is 6.15. The van der Waals surface area contributed by atoms with E-state index in [2.05, 4.69) is 38.4 Å². The first-order valence-electron chi connectivity index (χ1n) is 12.7. The molecule has 3 heterocycles. The number of aryl methyl sites for hydroxylation is 1. The Morgan fingerprint density at radius 3 is 2.74 bits per heavy atom. The molecule has 0 saturated heterocycles. The minimum atomic E-state index is -0.258. The lowest BCUT2D eigenvalue weighted by molar-refractivity contribution is 0.0318. The van der Waals surface area contributed by atoms with Crippen LogP contribution in [0.15, 0.2) is 10.5 Å². The molecule has 0 bridgehead atoms. The van der Waals surface area contributed by atoms with E-state index in [0.717, 1.165) is 83.0 Å². The molecule has 2 unspecified atom stereocenters. The van der Waals surface area contributed by atoms with E-state index in [1.54, 1.807) is 11.3 Å². The molecule has 6 nitrogen and oxygen atoms in total. The van der Waals surface area contributed by atoms with E-state index in [9.17, 15) is 9.59 Å². The number of urea groups is 1. The Hall–Kier alpha value is -1.03. The molecule has 2 amide bonds. The number of hydrogen-bond donors (Lipinski definition) is 2. The van der Waals surface area contributed by atoms with E-state index in [1.165, 1.54) is 15.4 Å². The van der Waals surface area contributed by atoms with Crippen LogP contribution < -0.4 is 10.6 Å². The molecule has 1 fully saturated rings. The number of nitrogens with one attached hydrogen (secondary N) is 2. The Labute approximate surface area is 218 Å². The summed E-state index contributed by atoms with van der Waals surface area (Å²) >= 11 is 7.29. The maximum Gasteiger partial charge on any atom is 0.341 e. The summed E-state index contributed by atoms with van der Waals surface area (Å²) in [5.41, 5.74) is 3.19. The van der Waals surface area contributed by atoms with Crippen molar-refractivity contribution in [3.05, 3.63) is 26.5 Å². The number of rotatable bonds is 6. The number of anilines is 1. The van der Waals surface area contributed by atoms with Gasteiger partial charge in [0.1, 0.15) is 11.1 Å². The molecule has 2 aliphatic heterocycles. The number of fused-ring (bicyclic) bond motifs is 1. The van der Waals surface area contributed by atoms with Crippen LogP contribution in [0.1, 0.15) is 72.7 Å². The molecular weight excluding hydrogens is 534 g/mol. The lowest BCUT2D eigenvalue weighted by Crippen LogP contribution is -2.36. The predicted molar refractivity (Wildman–Crippen MR) is 143 cm³/mol. The van der Waals surface area contributed by atoms with Crippen LogP contribution in [0.3, 0.4) is 0 Å². The van der Waals surface area contributed by atoms with E-state index >= 15 is 0 Å². The zero-order chi connectivity index (χ0) is 23.7. The maximum atomic E-state index is 13.1. The average Bonchev–Trinajstić information content (AvgIpc) is 3.54. The number of likely N-dealkylation sites (N-methyl/N-ethyl adjacent to an activating group) is 1. The molecule has 5 rings (SSSR count). The highest BCUT2D eigenvalue weighted by Gasteiger charge is 2.37. The number of carbonyl (C=O) groups excluding carboxylic acids is 2. The lowest BCUT2D eigenvalue weighted by atomic mass is 9.95. The summed E-state index contributed by atoms with van der Waals surface area (Å²) in [4.78, 5) is 31.3. The monoisotopic (exact) mass is 567 g/mol. The van der Waals surface area contributed by atoms with Gasteiger partial charge in [-0.3, -0.25) is 10.2 Å². The quantitative estimate of drug-likeness (QED) is 0.330. The first kappa shape index (κ1) is 24.7. The molecule has 0 spiro atoms. The van der Waals surface area contributed by atoms with Crippen molar-refractivity contribution in [1.82, 2.24) is 10.2 Å².